The van der Waals surface area contributed by atoms with E-state index in [2.05, 4.69) is 46.9 Å². The van der Waals surface area contributed by atoms with E-state index in [-0.39, 0.29) is 0 Å². The highest BCUT2D eigenvalue weighted by molar-refractivity contribution is 6.86. The van der Waals surface area contributed by atoms with Crippen LogP contribution in [0.3, 0.4) is 0 Å². The monoisotopic (exact) mass is 186 g/mol. The van der Waals surface area contributed by atoms with Crippen molar-refractivity contribution < 1.29 is 4.74 Å². The summed E-state index contributed by atoms with van der Waals surface area (Å²) >= 11 is 0. The van der Waals surface area contributed by atoms with E-state index in [9.17, 15) is 0 Å². The van der Waals surface area contributed by atoms with Crippen molar-refractivity contribution in [3.63, 3.8) is 0 Å². The van der Waals surface area contributed by atoms with Gasteiger partial charge in [0, 0.05) is 0 Å². The maximum atomic E-state index is 5.41. The van der Waals surface area contributed by atoms with Crippen molar-refractivity contribution in [1.29, 1.82) is 0 Å². The molecule has 0 rings (SSSR count). The first-order valence-corrected chi connectivity index (χ1v) is 7.48. The predicted octanol–water partition coefficient (Wildman–Crippen LogP) is 3.58. The average Bonchev–Trinajstić information content (AvgIpc) is 1.87. The Labute approximate surface area is 77.8 Å². The molecule has 0 saturated carbocycles. The lowest BCUT2D eigenvalue weighted by molar-refractivity contribution is 0.311. The van der Waals surface area contributed by atoms with Gasteiger partial charge in [-0.25, -0.2) is 0 Å². The molecule has 0 aliphatic carbocycles. The quantitative estimate of drug-likeness (QED) is 0.473. The third kappa shape index (κ3) is 2.13. The summed E-state index contributed by atoms with van der Waals surface area (Å²) in [6, 6.07) is 0. The standard InChI is InChI=1S/C10H22OSi/c1-8-9(11-5)12(6,7)10(2,3)4/h8H,1-7H3/b9-8-. The number of hydrogen-bond acceptors (Lipinski definition) is 1. The van der Waals surface area contributed by atoms with E-state index < -0.39 is 8.07 Å². The molecule has 0 atom stereocenters. The van der Waals surface area contributed by atoms with Gasteiger partial charge >= 0.3 is 0 Å². The van der Waals surface area contributed by atoms with Crippen LogP contribution in [0, 0.1) is 0 Å². The van der Waals surface area contributed by atoms with E-state index in [0.717, 1.165) is 0 Å². The molecule has 1 nitrogen and oxygen atoms in total. The molecule has 0 heterocycles. The second-order valence-corrected chi connectivity index (χ2v) is 9.97. The van der Waals surface area contributed by atoms with Crippen LogP contribution >= 0.6 is 0 Å². The molecule has 0 aliphatic rings. The number of rotatable bonds is 2. The Morgan fingerprint density at radius 1 is 1.25 bits per heavy atom. The molecule has 0 aromatic heterocycles. The molecular weight excluding hydrogens is 164 g/mol. The topological polar surface area (TPSA) is 9.23 Å². The van der Waals surface area contributed by atoms with Gasteiger partial charge < -0.3 is 4.74 Å². The lowest BCUT2D eigenvalue weighted by Crippen LogP contribution is -2.40. The summed E-state index contributed by atoms with van der Waals surface area (Å²) in [5.74, 6) is 0. The molecule has 0 saturated heterocycles. The predicted molar refractivity (Wildman–Crippen MR) is 58.0 cm³/mol. The zero-order valence-electron chi connectivity index (χ0n) is 9.49. The lowest BCUT2D eigenvalue weighted by atomic mass is 10.2. The number of ether oxygens (including phenoxy) is 1. The highest BCUT2D eigenvalue weighted by atomic mass is 28.3. The van der Waals surface area contributed by atoms with E-state index in [0.29, 0.717) is 5.04 Å². The van der Waals surface area contributed by atoms with Gasteiger partial charge in [0.2, 0.25) is 0 Å². The van der Waals surface area contributed by atoms with Crippen LogP contribution < -0.4 is 0 Å². The molecule has 2 heteroatoms. The van der Waals surface area contributed by atoms with Gasteiger partial charge in [-0.15, -0.1) is 0 Å². The van der Waals surface area contributed by atoms with Gasteiger partial charge in [-0.2, -0.15) is 0 Å². The normalized spacial score (nSPS) is 14.8. The smallest absolute Gasteiger partial charge is 0.130 e. The zero-order valence-corrected chi connectivity index (χ0v) is 10.5. The minimum Gasteiger partial charge on any atom is -0.507 e. The molecule has 0 unspecified atom stereocenters. The maximum Gasteiger partial charge on any atom is 0.130 e. The molecule has 0 aromatic rings. The van der Waals surface area contributed by atoms with Gasteiger partial charge in [0.05, 0.1) is 12.5 Å². The Morgan fingerprint density at radius 2 is 1.67 bits per heavy atom. The van der Waals surface area contributed by atoms with Crippen LogP contribution in [0.1, 0.15) is 27.7 Å². The van der Waals surface area contributed by atoms with Crippen LogP contribution in [0.5, 0.6) is 0 Å². The molecule has 0 radical (unpaired) electrons. The largest absolute Gasteiger partial charge is 0.507 e. The fourth-order valence-electron chi connectivity index (χ4n) is 1.10. The van der Waals surface area contributed by atoms with Crippen LogP contribution in [0.25, 0.3) is 0 Å². The van der Waals surface area contributed by atoms with Crippen LogP contribution in [0.15, 0.2) is 11.5 Å². The molecule has 72 valence electrons. The lowest BCUT2D eigenvalue weighted by Gasteiger charge is -2.37. The SMILES string of the molecule is C/C=C(/OC)[Si](C)(C)C(C)(C)C. The van der Waals surface area contributed by atoms with E-state index in [1.165, 1.54) is 5.38 Å². The fraction of sp³-hybridized carbons (Fsp3) is 0.800. The molecular formula is C10H22OSi. The number of hydrogen-bond donors (Lipinski definition) is 0. The van der Waals surface area contributed by atoms with E-state index in [1.54, 1.807) is 7.11 Å². The molecule has 0 aliphatic heterocycles. The summed E-state index contributed by atoms with van der Waals surface area (Å²) in [6.45, 7) is 13.6. The summed E-state index contributed by atoms with van der Waals surface area (Å²) in [5.41, 5.74) is 0. The van der Waals surface area contributed by atoms with Crippen LogP contribution in [0.4, 0.5) is 0 Å². The molecule has 0 amide bonds. The fourth-order valence-corrected chi connectivity index (χ4v) is 3.07. The second kappa shape index (κ2) is 3.65. The Kier molecular flexibility index (Phi) is 3.57. The van der Waals surface area contributed by atoms with E-state index >= 15 is 0 Å². The summed E-state index contributed by atoms with van der Waals surface area (Å²) in [5, 5.41) is 1.57. The second-order valence-electron chi connectivity index (χ2n) is 4.73. The Bertz CT molecular complexity index is 175. The van der Waals surface area contributed by atoms with Crippen molar-refractivity contribution in [2.45, 2.75) is 45.8 Å². The van der Waals surface area contributed by atoms with Crippen molar-refractivity contribution in [2.24, 2.45) is 0 Å². The van der Waals surface area contributed by atoms with Gasteiger partial charge in [-0.1, -0.05) is 39.9 Å². The highest BCUT2D eigenvalue weighted by Gasteiger charge is 2.39. The summed E-state index contributed by atoms with van der Waals surface area (Å²) in [7, 11) is 0.378. The van der Waals surface area contributed by atoms with Crippen molar-refractivity contribution >= 4 is 8.07 Å². The van der Waals surface area contributed by atoms with Gasteiger partial charge in [0.1, 0.15) is 8.07 Å². The molecule has 0 bridgehead atoms. The van der Waals surface area contributed by atoms with Crippen LogP contribution in [0.2, 0.25) is 18.1 Å². The summed E-state index contributed by atoms with van der Waals surface area (Å²) in [6.07, 6.45) is 2.11. The highest BCUT2D eigenvalue weighted by Crippen LogP contribution is 2.40. The van der Waals surface area contributed by atoms with Crippen LogP contribution in [-0.4, -0.2) is 15.2 Å². The summed E-state index contributed by atoms with van der Waals surface area (Å²) in [4.78, 5) is 0. The van der Waals surface area contributed by atoms with Gasteiger partial charge in [-0.05, 0) is 12.0 Å². The number of allylic oxidation sites excluding steroid dienone is 1. The number of methoxy groups -OCH3 is 1. The van der Waals surface area contributed by atoms with Crippen molar-refractivity contribution in [2.75, 3.05) is 7.11 Å². The average molecular weight is 186 g/mol. The van der Waals surface area contributed by atoms with Crippen LogP contribution in [-0.2, 0) is 4.74 Å². The Morgan fingerprint density at radius 3 is 1.75 bits per heavy atom. The minimum absolute atomic E-state index is 0.366. The van der Waals surface area contributed by atoms with Gasteiger partial charge in [0.25, 0.3) is 0 Å². The van der Waals surface area contributed by atoms with Crippen molar-refractivity contribution in [3.8, 4) is 0 Å². The molecule has 0 aromatic carbocycles. The van der Waals surface area contributed by atoms with E-state index in [1.807, 2.05) is 0 Å². The molecule has 0 spiro atoms. The maximum absolute atomic E-state index is 5.41. The van der Waals surface area contributed by atoms with Gasteiger partial charge in [0.15, 0.2) is 0 Å². The first-order valence-electron chi connectivity index (χ1n) is 4.48. The first kappa shape index (κ1) is 11.8. The molecule has 0 N–H and O–H groups in total. The third-order valence-electron chi connectivity index (χ3n) is 2.97. The van der Waals surface area contributed by atoms with Crippen molar-refractivity contribution in [1.82, 2.24) is 0 Å². The van der Waals surface area contributed by atoms with Gasteiger partial charge in [-0.3, -0.25) is 0 Å². The molecule has 12 heavy (non-hydrogen) atoms. The summed E-state index contributed by atoms with van der Waals surface area (Å²) < 4.78 is 5.41. The Balaban J connectivity index is 4.84. The molecule has 0 fully saturated rings. The minimum atomic E-state index is -1.40. The van der Waals surface area contributed by atoms with Crippen molar-refractivity contribution in [3.05, 3.63) is 11.5 Å². The first-order chi connectivity index (χ1) is 5.27. The Hall–Kier alpha value is -0.243. The third-order valence-corrected chi connectivity index (χ3v) is 8.45. The van der Waals surface area contributed by atoms with E-state index in [4.69, 9.17) is 4.74 Å². The zero-order chi connectivity index (χ0) is 9.99.